The van der Waals surface area contributed by atoms with E-state index in [0.717, 1.165) is 6.08 Å². The number of nitrogens with one attached hydrogen (secondary N) is 1. The second-order valence-electron chi connectivity index (χ2n) is 5.87. The molecule has 1 amide bonds. The maximum atomic E-state index is 12.0. The average Bonchev–Trinajstić information content (AvgIpc) is 3.14. The number of para-hydroxylation sites is 2. The van der Waals surface area contributed by atoms with Crippen molar-refractivity contribution in [3.63, 3.8) is 0 Å². The van der Waals surface area contributed by atoms with Gasteiger partial charge in [-0.3, -0.25) is 4.79 Å². The van der Waals surface area contributed by atoms with Crippen molar-refractivity contribution < 1.29 is 28.2 Å². The number of hydrogen-bond donors (Lipinski definition) is 1. The van der Waals surface area contributed by atoms with E-state index in [-0.39, 0.29) is 5.89 Å². The minimum atomic E-state index is -0.681. The maximum Gasteiger partial charge on any atom is 0.331 e. The van der Waals surface area contributed by atoms with Crippen molar-refractivity contribution in [1.29, 1.82) is 0 Å². The fraction of sp³-hybridized carbons (Fsp3) is 0.150. The van der Waals surface area contributed by atoms with Gasteiger partial charge in [0.25, 0.3) is 5.91 Å². The van der Waals surface area contributed by atoms with E-state index >= 15 is 0 Å². The van der Waals surface area contributed by atoms with Crippen molar-refractivity contribution in [3.05, 3.63) is 54.4 Å². The van der Waals surface area contributed by atoms with Crippen LogP contribution in [0.1, 0.15) is 5.89 Å². The summed E-state index contributed by atoms with van der Waals surface area (Å²) >= 11 is 0. The second-order valence-corrected chi connectivity index (χ2v) is 5.87. The molecule has 0 fully saturated rings. The highest BCUT2D eigenvalue weighted by molar-refractivity contribution is 5.94. The number of aromatic nitrogens is 1. The number of carbonyl (C=O) groups excluding carboxylic acids is 2. The molecule has 0 atom stereocenters. The lowest BCUT2D eigenvalue weighted by Gasteiger charge is -2.18. The molecule has 8 heteroatoms. The van der Waals surface area contributed by atoms with Crippen molar-refractivity contribution in [1.82, 2.24) is 4.98 Å². The number of rotatable bonds is 5. The summed E-state index contributed by atoms with van der Waals surface area (Å²) in [6.45, 7) is 0.519. The van der Waals surface area contributed by atoms with E-state index in [1.807, 2.05) is 12.1 Å². The number of ether oxygens (including phenoxy) is 3. The number of benzene rings is 2. The SMILES string of the molecule is O=C(COC(=O)/C=C/c1nc2ccccc2o1)Nc1ccc2c(c1)OCCO2. The minimum absolute atomic E-state index is 0.277. The Morgan fingerprint density at radius 1 is 1.11 bits per heavy atom. The zero-order valence-electron chi connectivity index (χ0n) is 14.7. The monoisotopic (exact) mass is 380 g/mol. The lowest BCUT2D eigenvalue weighted by Crippen LogP contribution is -2.20. The van der Waals surface area contributed by atoms with Crippen molar-refractivity contribution in [2.45, 2.75) is 0 Å². The highest BCUT2D eigenvalue weighted by atomic mass is 16.6. The lowest BCUT2D eigenvalue weighted by atomic mass is 10.2. The molecule has 1 aliphatic rings. The molecule has 4 rings (SSSR count). The van der Waals surface area contributed by atoms with Crippen LogP contribution in [0.15, 0.2) is 53.0 Å². The van der Waals surface area contributed by atoms with Crippen LogP contribution in [0.4, 0.5) is 5.69 Å². The minimum Gasteiger partial charge on any atom is -0.486 e. The Labute approximate surface area is 159 Å². The van der Waals surface area contributed by atoms with Crippen molar-refractivity contribution >= 4 is 34.7 Å². The van der Waals surface area contributed by atoms with Gasteiger partial charge < -0.3 is 23.9 Å². The molecule has 3 aromatic rings. The van der Waals surface area contributed by atoms with Gasteiger partial charge in [0.2, 0.25) is 5.89 Å². The number of hydrogen-bond acceptors (Lipinski definition) is 7. The highest BCUT2D eigenvalue weighted by Gasteiger charge is 2.13. The number of oxazole rings is 1. The largest absolute Gasteiger partial charge is 0.486 e. The number of nitrogens with zero attached hydrogens (tertiary/aromatic N) is 1. The van der Waals surface area contributed by atoms with E-state index < -0.39 is 18.5 Å². The molecule has 8 nitrogen and oxygen atoms in total. The van der Waals surface area contributed by atoms with Gasteiger partial charge in [-0.25, -0.2) is 9.78 Å². The molecule has 0 unspecified atom stereocenters. The normalized spacial score (nSPS) is 12.9. The maximum absolute atomic E-state index is 12.0. The van der Waals surface area contributed by atoms with E-state index in [1.54, 1.807) is 30.3 Å². The van der Waals surface area contributed by atoms with Gasteiger partial charge in [0.05, 0.1) is 0 Å². The second kappa shape index (κ2) is 7.83. The third-order valence-electron chi connectivity index (χ3n) is 3.84. The van der Waals surface area contributed by atoms with Gasteiger partial charge in [-0.2, -0.15) is 0 Å². The average molecular weight is 380 g/mol. The summed E-state index contributed by atoms with van der Waals surface area (Å²) < 4.78 is 21.3. The van der Waals surface area contributed by atoms with Crippen LogP contribution >= 0.6 is 0 Å². The van der Waals surface area contributed by atoms with Crippen LogP contribution < -0.4 is 14.8 Å². The molecular formula is C20H16N2O6. The molecular weight excluding hydrogens is 364 g/mol. The standard InChI is InChI=1S/C20H16N2O6/c23-18(21-13-5-6-16-17(11-13)26-10-9-25-16)12-27-20(24)8-7-19-22-14-3-1-2-4-15(14)28-19/h1-8,11H,9-10,12H2,(H,21,23)/b8-7+. The molecule has 0 saturated carbocycles. The quantitative estimate of drug-likeness (QED) is 0.537. The summed E-state index contributed by atoms with van der Waals surface area (Å²) in [6.07, 6.45) is 2.54. The van der Waals surface area contributed by atoms with Crippen molar-refractivity contribution in [2.75, 3.05) is 25.1 Å². The topological polar surface area (TPSA) is 99.9 Å². The summed E-state index contributed by atoms with van der Waals surface area (Å²) in [6, 6.07) is 12.3. The van der Waals surface area contributed by atoms with Gasteiger partial charge in [0.15, 0.2) is 23.7 Å². The van der Waals surface area contributed by atoms with Gasteiger partial charge >= 0.3 is 5.97 Å². The van der Waals surface area contributed by atoms with Crippen LogP contribution in [0.2, 0.25) is 0 Å². The fourth-order valence-corrected chi connectivity index (χ4v) is 2.60. The van der Waals surface area contributed by atoms with Gasteiger partial charge in [0.1, 0.15) is 18.7 Å². The summed E-state index contributed by atoms with van der Waals surface area (Å²) in [5, 5.41) is 2.63. The van der Waals surface area contributed by atoms with E-state index in [9.17, 15) is 9.59 Å². The molecule has 0 bridgehead atoms. The molecule has 28 heavy (non-hydrogen) atoms. The molecule has 2 aromatic carbocycles. The van der Waals surface area contributed by atoms with Crippen molar-refractivity contribution in [2.24, 2.45) is 0 Å². The van der Waals surface area contributed by atoms with Gasteiger partial charge in [-0.15, -0.1) is 0 Å². The van der Waals surface area contributed by atoms with Crippen LogP contribution in [0.25, 0.3) is 17.2 Å². The van der Waals surface area contributed by atoms with Crippen LogP contribution in [-0.2, 0) is 14.3 Å². The number of esters is 1. The van der Waals surface area contributed by atoms with E-state index in [1.165, 1.54) is 6.08 Å². The first-order valence-electron chi connectivity index (χ1n) is 8.57. The Kier molecular flexibility index (Phi) is 4.92. The summed E-state index contributed by atoms with van der Waals surface area (Å²) in [7, 11) is 0. The van der Waals surface area contributed by atoms with Gasteiger partial charge in [0, 0.05) is 23.9 Å². The first-order chi connectivity index (χ1) is 13.7. The smallest absolute Gasteiger partial charge is 0.331 e. The van der Waals surface area contributed by atoms with Crippen LogP contribution in [-0.4, -0.2) is 36.7 Å². The van der Waals surface area contributed by atoms with E-state index in [0.29, 0.717) is 41.5 Å². The molecule has 1 aliphatic heterocycles. The molecule has 1 aromatic heterocycles. The van der Waals surface area contributed by atoms with E-state index in [4.69, 9.17) is 18.6 Å². The Morgan fingerprint density at radius 2 is 1.93 bits per heavy atom. The Hall–Kier alpha value is -3.81. The zero-order chi connectivity index (χ0) is 19.3. The Bertz CT molecular complexity index is 1020. The molecule has 1 N–H and O–H groups in total. The number of anilines is 1. The predicted molar refractivity (Wildman–Crippen MR) is 100 cm³/mol. The molecule has 0 spiro atoms. The molecule has 0 aliphatic carbocycles. The Morgan fingerprint density at radius 3 is 2.79 bits per heavy atom. The first kappa shape index (κ1) is 17.6. The summed E-state index contributed by atoms with van der Waals surface area (Å²) in [5.74, 6) is 0.307. The summed E-state index contributed by atoms with van der Waals surface area (Å²) in [5.41, 5.74) is 1.83. The molecule has 0 saturated heterocycles. The predicted octanol–water partition coefficient (Wildman–Crippen LogP) is 2.79. The third kappa shape index (κ3) is 4.12. The van der Waals surface area contributed by atoms with Crippen LogP contribution in [0, 0.1) is 0 Å². The van der Waals surface area contributed by atoms with Crippen LogP contribution in [0.5, 0.6) is 11.5 Å². The number of carbonyl (C=O) groups is 2. The zero-order valence-corrected chi connectivity index (χ0v) is 14.7. The van der Waals surface area contributed by atoms with Gasteiger partial charge in [-0.05, 0) is 24.3 Å². The van der Waals surface area contributed by atoms with Crippen LogP contribution in [0.3, 0.4) is 0 Å². The highest BCUT2D eigenvalue weighted by Crippen LogP contribution is 2.32. The molecule has 142 valence electrons. The summed E-state index contributed by atoms with van der Waals surface area (Å²) in [4.78, 5) is 28.0. The molecule has 0 radical (unpaired) electrons. The first-order valence-corrected chi connectivity index (χ1v) is 8.57. The molecule has 2 heterocycles. The van der Waals surface area contributed by atoms with Gasteiger partial charge in [-0.1, -0.05) is 12.1 Å². The lowest BCUT2D eigenvalue weighted by molar-refractivity contribution is -0.142. The van der Waals surface area contributed by atoms with E-state index in [2.05, 4.69) is 10.3 Å². The third-order valence-corrected chi connectivity index (χ3v) is 3.84. The fourth-order valence-electron chi connectivity index (χ4n) is 2.60. The number of fused-ring (bicyclic) bond motifs is 2. The van der Waals surface area contributed by atoms with Crippen molar-refractivity contribution in [3.8, 4) is 11.5 Å². The number of amides is 1. The Balaban J connectivity index is 1.28.